The number of aromatic hydroxyl groups is 1. The normalized spacial score (nSPS) is 13.2. The summed E-state index contributed by atoms with van der Waals surface area (Å²) in [5.74, 6) is -0.0825. The van der Waals surface area contributed by atoms with Crippen LogP contribution in [-0.4, -0.2) is 16.8 Å². The van der Waals surface area contributed by atoms with E-state index in [9.17, 15) is 10.2 Å². The minimum atomic E-state index is -1.07. The van der Waals surface area contributed by atoms with E-state index in [1.807, 2.05) is 0 Å². The molecule has 0 aliphatic rings. The third-order valence-electron chi connectivity index (χ3n) is 1.37. The summed E-state index contributed by atoms with van der Waals surface area (Å²) in [7, 11) is 0. The van der Waals surface area contributed by atoms with Crippen molar-refractivity contribution in [2.24, 2.45) is 0 Å². The lowest BCUT2D eigenvalue weighted by Gasteiger charge is -2.08. The van der Waals surface area contributed by atoms with E-state index >= 15 is 0 Å². The van der Waals surface area contributed by atoms with Crippen LogP contribution < -0.4 is 5.73 Å². The van der Waals surface area contributed by atoms with Gasteiger partial charge in [-0.25, -0.2) is 0 Å². The standard InChI is InChI=1S/C7H11NO3S/c1-2-11-7(10)6-5(9)4(8)3-12-6/h3,7,9-10H,2,8H2,1H3. The van der Waals surface area contributed by atoms with Gasteiger partial charge in [0.05, 0.1) is 5.69 Å². The van der Waals surface area contributed by atoms with E-state index in [0.717, 1.165) is 0 Å². The number of hydrogen-bond donors (Lipinski definition) is 3. The van der Waals surface area contributed by atoms with Crippen molar-refractivity contribution in [3.8, 4) is 5.75 Å². The molecule has 1 aromatic rings. The number of ether oxygens (including phenoxy) is 1. The summed E-state index contributed by atoms with van der Waals surface area (Å²) in [6, 6.07) is 0. The Labute approximate surface area is 74.2 Å². The Bertz CT molecular complexity index is 261. The fraction of sp³-hybridized carbons (Fsp3) is 0.429. The van der Waals surface area contributed by atoms with Crippen LogP contribution >= 0.6 is 11.3 Å². The molecule has 4 N–H and O–H groups in total. The van der Waals surface area contributed by atoms with Crippen LogP contribution in [0.2, 0.25) is 0 Å². The first-order valence-corrected chi connectivity index (χ1v) is 4.40. The smallest absolute Gasteiger partial charge is 0.194 e. The van der Waals surface area contributed by atoms with Gasteiger partial charge in [-0.2, -0.15) is 0 Å². The van der Waals surface area contributed by atoms with Gasteiger partial charge in [0.15, 0.2) is 12.0 Å². The maximum Gasteiger partial charge on any atom is 0.194 e. The van der Waals surface area contributed by atoms with Gasteiger partial charge in [-0.3, -0.25) is 0 Å². The third kappa shape index (κ3) is 1.69. The molecular formula is C7H11NO3S. The van der Waals surface area contributed by atoms with E-state index in [0.29, 0.717) is 11.5 Å². The molecule has 0 amide bonds. The lowest BCUT2D eigenvalue weighted by atomic mass is 10.4. The van der Waals surface area contributed by atoms with Gasteiger partial charge < -0.3 is 20.7 Å². The molecule has 0 fully saturated rings. The molecule has 0 radical (unpaired) electrons. The van der Waals surface area contributed by atoms with Gasteiger partial charge in [-0.1, -0.05) is 0 Å². The Morgan fingerprint density at radius 2 is 2.42 bits per heavy atom. The van der Waals surface area contributed by atoms with Crippen LogP contribution in [0.15, 0.2) is 5.38 Å². The van der Waals surface area contributed by atoms with Gasteiger partial charge in [0, 0.05) is 12.0 Å². The zero-order valence-electron chi connectivity index (χ0n) is 6.65. The molecule has 0 saturated carbocycles. The number of aliphatic hydroxyl groups excluding tert-OH is 1. The molecule has 1 aromatic heterocycles. The molecule has 0 aliphatic heterocycles. The van der Waals surface area contributed by atoms with Crippen molar-refractivity contribution in [3.63, 3.8) is 0 Å². The van der Waals surface area contributed by atoms with E-state index in [1.165, 1.54) is 11.3 Å². The molecule has 12 heavy (non-hydrogen) atoms. The number of aliphatic hydroxyl groups is 1. The largest absolute Gasteiger partial charge is 0.504 e. The first kappa shape index (κ1) is 9.31. The summed E-state index contributed by atoms with van der Waals surface area (Å²) < 4.78 is 4.87. The highest BCUT2D eigenvalue weighted by Gasteiger charge is 2.16. The van der Waals surface area contributed by atoms with Crippen LogP contribution in [0.3, 0.4) is 0 Å². The van der Waals surface area contributed by atoms with Gasteiger partial charge >= 0.3 is 0 Å². The van der Waals surface area contributed by atoms with E-state index in [1.54, 1.807) is 12.3 Å². The van der Waals surface area contributed by atoms with Crippen LogP contribution in [-0.2, 0) is 4.74 Å². The average molecular weight is 189 g/mol. The van der Waals surface area contributed by atoms with Crippen molar-refractivity contribution in [3.05, 3.63) is 10.3 Å². The lowest BCUT2D eigenvalue weighted by molar-refractivity contribution is -0.0964. The second kappa shape index (κ2) is 3.75. The Kier molecular flexibility index (Phi) is 2.91. The van der Waals surface area contributed by atoms with Gasteiger partial charge in [-0.15, -0.1) is 11.3 Å². The van der Waals surface area contributed by atoms with Crippen LogP contribution in [0.25, 0.3) is 0 Å². The van der Waals surface area contributed by atoms with E-state index in [4.69, 9.17) is 10.5 Å². The first-order chi connectivity index (χ1) is 5.66. The van der Waals surface area contributed by atoms with E-state index < -0.39 is 6.29 Å². The number of anilines is 1. The van der Waals surface area contributed by atoms with E-state index in [2.05, 4.69) is 0 Å². The molecule has 1 unspecified atom stereocenters. The summed E-state index contributed by atoms with van der Waals surface area (Å²) in [6.45, 7) is 2.15. The lowest BCUT2D eigenvalue weighted by Crippen LogP contribution is -2.00. The molecule has 0 bridgehead atoms. The summed E-state index contributed by atoms with van der Waals surface area (Å²) in [4.78, 5) is 0.356. The van der Waals surface area contributed by atoms with Gasteiger partial charge in [-0.05, 0) is 6.92 Å². The molecule has 0 aromatic carbocycles. The van der Waals surface area contributed by atoms with Crippen LogP contribution in [0.5, 0.6) is 5.75 Å². The van der Waals surface area contributed by atoms with Crippen molar-refractivity contribution < 1.29 is 14.9 Å². The topological polar surface area (TPSA) is 75.7 Å². The Morgan fingerprint density at radius 1 is 1.75 bits per heavy atom. The predicted octanol–water partition coefficient (Wildman–Crippen LogP) is 1.06. The Balaban J connectivity index is 2.80. The highest BCUT2D eigenvalue weighted by atomic mass is 32.1. The second-order valence-corrected chi connectivity index (χ2v) is 3.12. The molecule has 1 atom stereocenters. The fourth-order valence-corrected chi connectivity index (χ4v) is 1.57. The van der Waals surface area contributed by atoms with Crippen LogP contribution in [0.1, 0.15) is 18.1 Å². The highest BCUT2D eigenvalue weighted by molar-refractivity contribution is 7.10. The molecule has 68 valence electrons. The minimum Gasteiger partial charge on any atom is -0.504 e. The number of rotatable bonds is 3. The maximum atomic E-state index is 9.29. The molecule has 0 spiro atoms. The fourth-order valence-electron chi connectivity index (χ4n) is 0.790. The number of thiophene rings is 1. The molecule has 5 heteroatoms. The van der Waals surface area contributed by atoms with Crippen molar-refractivity contribution in [1.29, 1.82) is 0 Å². The third-order valence-corrected chi connectivity index (χ3v) is 2.39. The van der Waals surface area contributed by atoms with Crippen LogP contribution in [0, 0.1) is 0 Å². The quantitative estimate of drug-likeness (QED) is 0.621. The van der Waals surface area contributed by atoms with Crippen molar-refractivity contribution >= 4 is 17.0 Å². The Hall–Kier alpha value is -0.780. The number of nitrogen functional groups attached to an aromatic ring is 1. The molecule has 0 saturated heterocycles. The zero-order chi connectivity index (χ0) is 9.14. The highest BCUT2D eigenvalue weighted by Crippen LogP contribution is 2.36. The van der Waals surface area contributed by atoms with Crippen molar-refractivity contribution in [2.75, 3.05) is 12.3 Å². The molecule has 0 aliphatic carbocycles. The van der Waals surface area contributed by atoms with E-state index in [-0.39, 0.29) is 11.4 Å². The first-order valence-electron chi connectivity index (χ1n) is 3.52. The second-order valence-electron chi connectivity index (χ2n) is 2.21. The van der Waals surface area contributed by atoms with Gasteiger partial charge in [0.1, 0.15) is 4.88 Å². The van der Waals surface area contributed by atoms with Crippen LogP contribution in [0.4, 0.5) is 5.69 Å². The molecular weight excluding hydrogens is 178 g/mol. The summed E-state index contributed by atoms with van der Waals surface area (Å²) in [5.41, 5.74) is 5.64. The zero-order valence-corrected chi connectivity index (χ0v) is 7.47. The average Bonchev–Trinajstić information content (AvgIpc) is 2.34. The molecule has 4 nitrogen and oxygen atoms in total. The predicted molar refractivity (Wildman–Crippen MR) is 47.0 cm³/mol. The van der Waals surface area contributed by atoms with Crippen molar-refractivity contribution in [1.82, 2.24) is 0 Å². The Morgan fingerprint density at radius 3 is 2.83 bits per heavy atom. The minimum absolute atomic E-state index is 0.0825. The summed E-state index contributed by atoms with van der Waals surface area (Å²) in [6.07, 6.45) is -1.07. The molecule has 1 heterocycles. The van der Waals surface area contributed by atoms with Gasteiger partial charge in [0.2, 0.25) is 0 Å². The number of nitrogens with two attached hydrogens (primary N) is 1. The SMILES string of the molecule is CCOC(O)c1scc(N)c1O. The monoisotopic (exact) mass is 189 g/mol. The number of hydrogen-bond acceptors (Lipinski definition) is 5. The molecule has 1 rings (SSSR count). The van der Waals surface area contributed by atoms with Gasteiger partial charge in [0.25, 0.3) is 0 Å². The van der Waals surface area contributed by atoms with Crippen molar-refractivity contribution in [2.45, 2.75) is 13.2 Å². The maximum absolute atomic E-state index is 9.29. The summed E-state index contributed by atoms with van der Waals surface area (Å²) >= 11 is 1.17. The summed E-state index contributed by atoms with van der Waals surface area (Å²) in [5, 5.41) is 20.1.